The van der Waals surface area contributed by atoms with Crippen LogP contribution in [0.5, 0.6) is 0 Å². The highest BCUT2D eigenvalue weighted by Gasteiger charge is 2.42. The maximum absolute atomic E-state index is 14.9. The average Bonchev–Trinajstić information content (AvgIpc) is 3.44. The zero-order chi connectivity index (χ0) is 32.5. The zero-order valence-corrected chi connectivity index (χ0v) is 21.9. The van der Waals surface area contributed by atoms with Crippen LogP contribution in [-0.4, -0.2) is 19.9 Å². The van der Waals surface area contributed by atoms with E-state index < -0.39 is 86.7 Å². The number of hydrogen-bond acceptors (Lipinski definition) is 1. The van der Waals surface area contributed by atoms with Crippen LogP contribution in [0.2, 0.25) is 5.02 Å². The average molecular weight is 657 g/mol. The lowest BCUT2D eigenvalue weighted by atomic mass is 9.36. The number of ether oxygens (including phenoxy) is 1. The molecule has 3 aromatic carbocycles. The Morgan fingerprint density at radius 2 is 0.884 bits per heavy atom. The van der Waals surface area contributed by atoms with Gasteiger partial charge in [-0.1, -0.05) is 46.8 Å². The van der Waals surface area contributed by atoms with Gasteiger partial charge in [-0.3, -0.25) is 0 Å². The summed E-state index contributed by atoms with van der Waals surface area (Å²) in [4.78, 5) is 0. The van der Waals surface area contributed by atoms with Crippen LogP contribution in [0, 0.1) is 11.6 Å². The Bertz CT molecular complexity index is 1270. The molecule has 0 amide bonds. The SMILES string of the molecule is C1CCOC1.Fc1cc(F)c(B(c2cc(C(F)(F)F)cc(C(F)(F)F)c2)c2cc(C(F)(F)F)cc(C(F)(F)F)c2)c(Cl)c1. The van der Waals surface area contributed by atoms with E-state index in [0.717, 1.165) is 13.2 Å². The molecule has 1 aliphatic rings. The van der Waals surface area contributed by atoms with Gasteiger partial charge in [0.05, 0.1) is 22.3 Å². The highest BCUT2D eigenvalue weighted by molar-refractivity contribution is 6.96. The smallest absolute Gasteiger partial charge is 0.381 e. The van der Waals surface area contributed by atoms with E-state index in [0.29, 0.717) is 6.07 Å². The molecule has 0 aliphatic carbocycles. The molecule has 0 spiro atoms. The lowest BCUT2D eigenvalue weighted by Gasteiger charge is -2.23. The van der Waals surface area contributed by atoms with Crippen molar-refractivity contribution in [2.75, 3.05) is 13.2 Å². The van der Waals surface area contributed by atoms with E-state index in [4.69, 9.17) is 16.3 Å². The molecule has 0 radical (unpaired) electrons. The van der Waals surface area contributed by atoms with E-state index in [1.54, 1.807) is 0 Å². The molecule has 43 heavy (non-hydrogen) atoms. The van der Waals surface area contributed by atoms with E-state index in [-0.39, 0.29) is 42.5 Å². The number of alkyl halides is 12. The highest BCUT2D eigenvalue weighted by atomic mass is 35.5. The van der Waals surface area contributed by atoms with Crippen LogP contribution in [-0.2, 0) is 29.4 Å². The van der Waals surface area contributed by atoms with Crippen LogP contribution in [0.25, 0.3) is 0 Å². The Hall–Kier alpha value is -3.01. The molecule has 4 rings (SSSR count). The van der Waals surface area contributed by atoms with Gasteiger partial charge in [0.25, 0.3) is 0 Å². The summed E-state index contributed by atoms with van der Waals surface area (Å²) in [7, 11) is 0. The van der Waals surface area contributed by atoms with Crippen molar-refractivity contribution in [3.8, 4) is 0 Å². The lowest BCUT2D eigenvalue weighted by Crippen LogP contribution is -2.54. The van der Waals surface area contributed by atoms with Gasteiger partial charge < -0.3 is 4.74 Å². The van der Waals surface area contributed by atoms with Gasteiger partial charge in [0, 0.05) is 24.3 Å². The second kappa shape index (κ2) is 12.5. The van der Waals surface area contributed by atoms with Crippen molar-refractivity contribution in [2.45, 2.75) is 37.5 Å². The molecule has 17 heteroatoms. The monoisotopic (exact) mass is 656 g/mol. The number of benzene rings is 3. The van der Waals surface area contributed by atoms with Crippen molar-refractivity contribution in [3.05, 3.63) is 87.4 Å². The fraction of sp³-hybridized carbons (Fsp3) is 0.308. The molecule has 1 nitrogen and oxygen atoms in total. The fourth-order valence-corrected chi connectivity index (χ4v) is 4.46. The quantitative estimate of drug-likeness (QED) is 0.205. The summed E-state index contributed by atoms with van der Waals surface area (Å²) < 4.78 is 195. The maximum Gasteiger partial charge on any atom is 0.416 e. The van der Waals surface area contributed by atoms with E-state index in [9.17, 15) is 61.5 Å². The predicted octanol–water partition coefficient (Wildman–Crippen LogP) is 8.01. The standard InChI is InChI=1S/C22H8BClF14.C4H8O/c24-16-7-15(25)8-17(26)18(16)23(13-3-9(19(27,28)29)1-10(4-13)20(30,31)32)14-5-11(21(33,34)35)2-12(6-14)22(36,37)38;1-2-4-5-3-1/h1-8H;1-4H2. The van der Waals surface area contributed by atoms with Crippen LogP contribution in [0.4, 0.5) is 61.5 Å². The topological polar surface area (TPSA) is 9.23 Å². The maximum atomic E-state index is 14.9. The molecule has 0 saturated carbocycles. The van der Waals surface area contributed by atoms with Gasteiger partial charge >= 0.3 is 24.7 Å². The molecule has 1 heterocycles. The van der Waals surface area contributed by atoms with Crippen molar-refractivity contribution in [3.63, 3.8) is 0 Å². The summed E-state index contributed by atoms with van der Waals surface area (Å²) in [5.74, 6) is -3.15. The van der Waals surface area contributed by atoms with Gasteiger partial charge in [-0.25, -0.2) is 8.78 Å². The third-order valence-corrected chi connectivity index (χ3v) is 6.36. The lowest BCUT2D eigenvalue weighted by molar-refractivity contribution is -0.144. The van der Waals surface area contributed by atoms with Crippen LogP contribution in [0.15, 0.2) is 48.5 Å². The van der Waals surface area contributed by atoms with E-state index in [1.807, 2.05) is 0 Å². The molecule has 1 aliphatic heterocycles. The van der Waals surface area contributed by atoms with E-state index in [2.05, 4.69) is 0 Å². The third kappa shape index (κ3) is 8.77. The summed E-state index contributed by atoms with van der Waals surface area (Å²) in [5.41, 5.74) is -11.6. The molecular formula is C26H16BClF14O. The first-order chi connectivity index (χ1) is 19.6. The molecule has 0 N–H and O–H groups in total. The summed E-state index contributed by atoms with van der Waals surface area (Å²) in [6.07, 6.45) is -19.3. The van der Waals surface area contributed by atoms with E-state index in [1.165, 1.54) is 12.8 Å². The molecule has 234 valence electrons. The third-order valence-electron chi connectivity index (χ3n) is 6.05. The predicted molar refractivity (Wildman–Crippen MR) is 129 cm³/mol. The molecular weight excluding hydrogens is 641 g/mol. The first-order valence-electron chi connectivity index (χ1n) is 11.9. The van der Waals surface area contributed by atoms with Crippen molar-refractivity contribution in [2.24, 2.45) is 0 Å². The Balaban J connectivity index is 0.000000915. The first kappa shape index (κ1) is 34.5. The molecule has 0 atom stereocenters. The van der Waals surface area contributed by atoms with Crippen LogP contribution in [0.1, 0.15) is 35.1 Å². The van der Waals surface area contributed by atoms with Gasteiger partial charge in [0.1, 0.15) is 11.6 Å². The molecule has 3 aromatic rings. The second-order valence-corrected chi connectivity index (χ2v) is 9.62. The highest BCUT2D eigenvalue weighted by Crippen LogP contribution is 2.37. The van der Waals surface area contributed by atoms with Gasteiger partial charge in [-0.05, 0) is 36.5 Å². The van der Waals surface area contributed by atoms with Crippen LogP contribution < -0.4 is 16.4 Å². The largest absolute Gasteiger partial charge is 0.416 e. The van der Waals surface area contributed by atoms with Crippen molar-refractivity contribution in [1.82, 2.24) is 0 Å². The molecule has 0 aromatic heterocycles. The van der Waals surface area contributed by atoms with Gasteiger partial charge in [0.2, 0.25) is 6.71 Å². The molecule has 1 fully saturated rings. The van der Waals surface area contributed by atoms with E-state index >= 15 is 0 Å². The summed E-state index contributed by atoms with van der Waals surface area (Å²) in [6, 6.07) is -0.334. The van der Waals surface area contributed by atoms with Crippen LogP contribution in [0.3, 0.4) is 0 Å². The van der Waals surface area contributed by atoms with Gasteiger partial charge in [-0.2, -0.15) is 52.7 Å². The number of rotatable bonds is 3. The summed E-state index contributed by atoms with van der Waals surface area (Å²) in [6.45, 7) is -0.505. The Morgan fingerprint density at radius 3 is 1.14 bits per heavy atom. The van der Waals surface area contributed by atoms with Crippen molar-refractivity contribution in [1.29, 1.82) is 0 Å². The summed E-state index contributed by atoms with van der Waals surface area (Å²) in [5, 5.41) is -1.02. The fourth-order valence-electron chi connectivity index (χ4n) is 4.16. The number of halogens is 15. The molecule has 0 bridgehead atoms. The Morgan fingerprint density at radius 1 is 0.535 bits per heavy atom. The zero-order valence-electron chi connectivity index (χ0n) is 21.1. The minimum absolute atomic E-state index is 0.00738. The second-order valence-electron chi connectivity index (χ2n) is 9.21. The molecule has 0 unspecified atom stereocenters. The normalized spacial score (nSPS) is 14.4. The van der Waals surface area contributed by atoms with Crippen LogP contribution >= 0.6 is 11.6 Å². The minimum Gasteiger partial charge on any atom is -0.381 e. The minimum atomic E-state index is -5.48. The Kier molecular flexibility index (Phi) is 10.1. The molecule has 1 saturated heterocycles. The first-order valence-corrected chi connectivity index (χ1v) is 12.3. The van der Waals surface area contributed by atoms with Crippen molar-refractivity contribution < 1.29 is 66.2 Å². The van der Waals surface area contributed by atoms with Gasteiger partial charge in [-0.15, -0.1) is 0 Å². The summed E-state index contributed by atoms with van der Waals surface area (Å²) >= 11 is 5.78. The Labute approximate surface area is 239 Å². The van der Waals surface area contributed by atoms with Crippen molar-refractivity contribution >= 4 is 34.7 Å². The van der Waals surface area contributed by atoms with Gasteiger partial charge in [0.15, 0.2) is 0 Å². The number of hydrogen-bond donors (Lipinski definition) is 0.